The molecule has 8 nitrogen and oxygen atoms in total. The average Bonchev–Trinajstić information content (AvgIpc) is 3.55. The largest absolute Gasteiger partial charge is 0.488 e. The van der Waals surface area contributed by atoms with Crippen LogP contribution in [0.1, 0.15) is 47.1 Å². The van der Waals surface area contributed by atoms with Gasteiger partial charge in [0, 0.05) is 31.2 Å². The molecule has 0 bridgehead atoms. The predicted octanol–water partition coefficient (Wildman–Crippen LogP) is 4.22. The fourth-order valence-corrected chi connectivity index (χ4v) is 8.64. The summed E-state index contributed by atoms with van der Waals surface area (Å²) in [6.07, 6.45) is 2.06. The summed E-state index contributed by atoms with van der Waals surface area (Å²) in [5, 5.41) is 15.1. The molecule has 3 aliphatic rings. The van der Waals surface area contributed by atoms with Crippen molar-refractivity contribution in [3.8, 4) is 5.75 Å². The number of carboxylic acids is 1. The molecule has 3 heterocycles. The zero-order chi connectivity index (χ0) is 28.4. The van der Waals surface area contributed by atoms with Gasteiger partial charge < -0.3 is 15.2 Å². The van der Waals surface area contributed by atoms with Crippen LogP contribution >= 0.6 is 11.8 Å². The number of nitrogens with zero attached hydrogens (tertiary/aromatic N) is 2. The van der Waals surface area contributed by atoms with E-state index in [0.29, 0.717) is 25.9 Å². The molecule has 0 spiro atoms. The Kier molecular flexibility index (Phi) is 8.80. The molecule has 2 aromatic rings. The van der Waals surface area contributed by atoms with Gasteiger partial charge in [-0.05, 0) is 73.9 Å². The number of benzene rings is 2. The zero-order valence-electron chi connectivity index (χ0n) is 23.4. The highest BCUT2D eigenvalue weighted by atomic mass is 32.2. The van der Waals surface area contributed by atoms with E-state index in [-0.39, 0.29) is 29.0 Å². The van der Waals surface area contributed by atoms with E-state index in [1.54, 1.807) is 11.8 Å². The molecule has 0 radical (unpaired) electrons. The number of piperidine rings is 1. The Bertz CT molecular complexity index is 1390. The highest BCUT2D eigenvalue weighted by molar-refractivity contribution is 8.03. The number of likely N-dealkylation sites (tertiary alicyclic amines) is 1. The molecule has 2 aromatic carbocycles. The van der Waals surface area contributed by atoms with E-state index in [1.165, 1.54) is 5.56 Å². The van der Waals surface area contributed by atoms with E-state index in [2.05, 4.69) is 64.7 Å². The van der Waals surface area contributed by atoms with Crippen LogP contribution in [0.15, 0.2) is 41.8 Å². The number of rotatable bonds is 9. The van der Waals surface area contributed by atoms with Crippen molar-refractivity contribution >= 4 is 33.3 Å². The monoisotopic (exact) mass is 585 g/mol. The van der Waals surface area contributed by atoms with Crippen molar-refractivity contribution in [3.63, 3.8) is 0 Å². The van der Waals surface area contributed by atoms with Crippen LogP contribution in [0.3, 0.4) is 0 Å². The molecule has 3 aliphatic heterocycles. The maximum absolute atomic E-state index is 11.9. The lowest BCUT2D eigenvalue weighted by atomic mass is 9.97. The first-order chi connectivity index (χ1) is 19.1. The highest BCUT2D eigenvalue weighted by Crippen LogP contribution is 2.37. The Morgan fingerprint density at radius 1 is 1.15 bits per heavy atom. The molecule has 0 aromatic heterocycles. The summed E-state index contributed by atoms with van der Waals surface area (Å²) in [5.41, 5.74) is 6.65. The Labute approximate surface area is 241 Å². The van der Waals surface area contributed by atoms with E-state index in [0.717, 1.165) is 53.3 Å². The van der Waals surface area contributed by atoms with Crippen LogP contribution in [0, 0.1) is 19.8 Å². The zero-order valence-corrected chi connectivity index (χ0v) is 25.1. The van der Waals surface area contributed by atoms with Gasteiger partial charge >= 0.3 is 5.97 Å². The first kappa shape index (κ1) is 29.0. The molecule has 2 fully saturated rings. The van der Waals surface area contributed by atoms with E-state index in [1.807, 2.05) is 13.1 Å². The fourth-order valence-electron chi connectivity index (χ4n) is 5.80. The average molecular weight is 586 g/mol. The van der Waals surface area contributed by atoms with Crippen LogP contribution in [0.25, 0.3) is 5.70 Å². The number of thioether (sulfide) groups is 1. The Balaban J connectivity index is 1.20. The van der Waals surface area contributed by atoms with Crippen LogP contribution < -0.4 is 10.1 Å². The van der Waals surface area contributed by atoms with Gasteiger partial charge in [0.2, 0.25) is 0 Å². The minimum absolute atomic E-state index is 0.0839. The molecule has 2 saturated heterocycles. The summed E-state index contributed by atoms with van der Waals surface area (Å²) in [4.78, 5) is 15.8. The van der Waals surface area contributed by atoms with Crippen molar-refractivity contribution in [2.45, 2.75) is 57.8 Å². The number of hydrogen-bond donors (Lipinski definition) is 2. The van der Waals surface area contributed by atoms with Crippen molar-refractivity contribution < 1.29 is 23.1 Å². The number of carboxylic acid groups (broad SMARTS) is 1. The summed E-state index contributed by atoms with van der Waals surface area (Å²) in [7, 11) is -0.894. The third-order valence-corrected chi connectivity index (χ3v) is 11.1. The molecular weight excluding hydrogens is 546 g/mol. The van der Waals surface area contributed by atoms with E-state index in [4.69, 9.17) is 4.74 Å². The number of sulfone groups is 1. The second kappa shape index (κ2) is 12.1. The molecule has 0 saturated carbocycles. The lowest BCUT2D eigenvalue weighted by Crippen LogP contribution is -2.45. The maximum Gasteiger partial charge on any atom is 0.306 e. The van der Waals surface area contributed by atoms with Crippen LogP contribution in [0.4, 0.5) is 0 Å². The lowest BCUT2D eigenvalue weighted by molar-refractivity contribution is -0.143. The predicted molar refractivity (Wildman–Crippen MR) is 160 cm³/mol. The number of ether oxygens (including phenoxy) is 1. The Hall–Kier alpha value is -2.53. The molecule has 216 valence electrons. The van der Waals surface area contributed by atoms with Crippen molar-refractivity contribution in [2.75, 3.05) is 31.6 Å². The van der Waals surface area contributed by atoms with Gasteiger partial charge in [-0.1, -0.05) is 42.1 Å². The van der Waals surface area contributed by atoms with Crippen molar-refractivity contribution in [3.05, 3.63) is 69.6 Å². The van der Waals surface area contributed by atoms with E-state index in [9.17, 15) is 18.3 Å². The minimum Gasteiger partial charge on any atom is -0.488 e. The minimum atomic E-state index is -2.90. The van der Waals surface area contributed by atoms with Gasteiger partial charge in [-0.15, -0.1) is 0 Å². The summed E-state index contributed by atoms with van der Waals surface area (Å²) in [6, 6.07) is 12.7. The molecule has 2 unspecified atom stereocenters. The van der Waals surface area contributed by atoms with Gasteiger partial charge in [-0.2, -0.15) is 0 Å². The number of nitrogens with one attached hydrogen (secondary N) is 1. The molecular formula is C30H39N3O5S2. The summed E-state index contributed by atoms with van der Waals surface area (Å²) >= 11 is 1.72. The SMILES string of the molecule is Cc1cc(CN(C)C2CCS(=O)(=O)C2)ccc1COc1c(C)cccc1C1=CSC(N2CCC(C(=O)O)CC2)N1. The van der Waals surface area contributed by atoms with Gasteiger partial charge in [0.15, 0.2) is 9.84 Å². The van der Waals surface area contributed by atoms with Crippen molar-refractivity contribution in [1.29, 1.82) is 0 Å². The summed E-state index contributed by atoms with van der Waals surface area (Å²) < 4.78 is 30.2. The number of aliphatic carboxylic acids is 1. The summed E-state index contributed by atoms with van der Waals surface area (Å²) in [5.74, 6) is 0.469. The first-order valence-corrected chi connectivity index (χ1v) is 16.7. The maximum atomic E-state index is 11.9. The highest BCUT2D eigenvalue weighted by Gasteiger charge is 2.32. The lowest BCUT2D eigenvalue weighted by Gasteiger charge is -2.34. The third-order valence-electron chi connectivity index (χ3n) is 8.35. The second-order valence-corrected chi connectivity index (χ2v) is 14.5. The van der Waals surface area contributed by atoms with Gasteiger partial charge in [0.1, 0.15) is 17.9 Å². The summed E-state index contributed by atoms with van der Waals surface area (Å²) in [6.45, 7) is 6.86. The number of carbonyl (C=O) groups is 1. The van der Waals surface area contributed by atoms with Crippen LogP contribution in [-0.4, -0.2) is 72.5 Å². The smallest absolute Gasteiger partial charge is 0.306 e. The molecule has 0 aliphatic carbocycles. The quantitative estimate of drug-likeness (QED) is 0.448. The molecule has 40 heavy (non-hydrogen) atoms. The fraction of sp³-hybridized carbons (Fsp3) is 0.500. The number of para-hydroxylation sites is 1. The molecule has 0 amide bonds. The number of aryl methyl sites for hydroxylation is 2. The van der Waals surface area contributed by atoms with E-state index < -0.39 is 15.8 Å². The van der Waals surface area contributed by atoms with Gasteiger partial charge in [-0.3, -0.25) is 14.6 Å². The molecule has 2 atom stereocenters. The van der Waals surface area contributed by atoms with Crippen LogP contribution in [-0.2, 0) is 27.8 Å². The van der Waals surface area contributed by atoms with Crippen LogP contribution in [0.2, 0.25) is 0 Å². The van der Waals surface area contributed by atoms with Crippen molar-refractivity contribution in [1.82, 2.24) is 15.1 Å². The topological polar surface area (TPSA) is 99.2 Å². The van der Waals surface area contributed by atoms with E-state index >= 15 is 0 Å². The van der Waals surface area contributed by atoms with Gasteiger partial charge in [-0.25, -0.2) is 8.42 Å². The third kappa shape index (κ3) is 6.67. The van der Waals surface area contributed by atoms with Gasteiger partial charge in [0.05, 0.1) is 23.1 Å². The standard InChI is InChI=1S/C30H39N3O5S2/c1-20-5-4-6-26(27-18-39-30(31-27)33-12-9-23(10-13-33)29(34)35)28(20)38-17-24-8-7-22(15-21(24)2)16-32(3)25-11-14-40(36,37)19-25/h4-8,15,18,23,25,30-31H,9-14,16-17,19H2,1-3H3,(H,34,35). The molecule has 10 heteroatoms. The van der Waals surface area contributed by atoms with Crippen LogP contribution in [0.5, 0.6) is 5.75 Å². The van der Waals surface area contributed by atoms with Gasteiger partial charge in [0.25, 0.3) is 0 Å². The van der Waals surface area contributed by atoms with Crippen molar-refractivity contribution in [2.24, 2.45) is 5.92 Å². The Morgan fingerprint density at radius 3 is 2.60 bits per heavy atom. The second-order valence-electron chi connectivity index (χ2n) is 11.3. The normalized spacial score (nSPS) is 23.2. The molecule has 5 rings (SSSR count). The Morgan fingerprint density at radius 2 is 1.93 bits per heavy atom. The number of hydrogen-bond acceptors (Lipinski definition) is 8. The molecule has 2 N–H and O–H groups in total. The first-order valence-electron chi connectivity index (χ1n) is 13.9.